The number of H-pyrrole nitrogens is 1. The molecular formula is C16H12N4O3S. The summed E-state index contributed by atoms with van der Waals surface area (Å²) in [4.78, 5) is 30.7. The average Bonchev–Trinajstić information content (AvgIpc) is 3.12. The summed E-state index contributed by atoms with van der Waals surface area (Å²) in [6, 6.07) is 5.09. The van der Waals surface area contributed by atoms with Crippen LogP contribution in [0.1, 0.15) is 20.9 Å². The van der Waals surface area contributed by atoms with Crippen molar-refractivity contribution in [3.8, 4) is 5.75 Å². The highest BCUT2D eigenvalue weighted by Gasteiger charge is 2.18. The third-order valence-corrected chi connectivity index (χ3v) is 4.93. The Bertz CT molecular complexity index is 1160. The molecule has 1 N–H and O–H groups in total. The Balaban J connectivity index is 1.73. The van der Waals surface area contributed by atoms with E-state index in [0.29, 0.717) is 10.7 Å². The van der Waals surface area contributed by atoms with Gasteiger partial charge in [-0.15, -0.1) is 11.3 Å². The van der Waals surface area contributed by atoms with Crippen molar-refractivity contribution in [2.45, 2.75) is 13.8 Å². The first kappa shape index (κ1) is 14.6. The van der Waals surface area contributed by atoms with Gasteiger partial charge in [0.2, 0.25) is 0 Å². The van der Waals surface area contributed by atoms with Crippen LogP contribution < -0.4 is 10.3 Å². The second-order valence-electron chi connectivity index (χ2n) is 5.35. The number of ether oxygens (including phenoxy) is 1. The van der Waals surface area contributed by atoms with Crippen molar-refractivity contribution in [2.75, 3.05) is 0 Å². The van der Waals surface area contributed by atoms with Crippen LogP contribution in [0.4, 0.5) is 0 Å². The van der Waals surface area contributed by atoms with Crippen molar-refractivity contribution >= 4 is 33.2 Å². The first-order valence-corrected chi connectivity index (χ1v) is 7.99. The molecule has 8 heteroatoms. The molecule has 0 aliphatic rings. The Morgan fingerprint density at radius 2 is 2.12 bits per heavy atom. The van der Waals surface area contributed by atoms with E-state index < -0.39 is 11.5 Å². The maximum Gasteiger partial charge on any atom is 0.350 e. The number of aryl methyl sites for hydroxylation is 2. The van der Waals surface area contributed by atoms with Crippen molar-refractivity contribution in [3.05, 3.63) is 57.1 Å². The fourth-order valence-electron chi connectivity index (χ4n) is 2.46. The summed E-state index contributed by atoms with van der Waals surface area (Å²) < 4.78 is 6.76. The second kappa shape index (κ2) is 5.27. The lowest BCUT2D eigenvalue weighted by molar-refractivity contribution is 0.0732. The quantitative estimate of drug-likeness (QED) is 0.447. The van der Waals surface area contributed by atoms with Gasteiger partial charge in [-0.1, -0.05) is 0 Å². The molecule has 0 saturated carbocycles. The van der Waals surface area contributed by atoms with Crippen LogP contribution in [0.5, 0.6) is 5.75 Å². The van der Waals surface area contributed by atoms with Gasteiger partial charge >= 0.3 is 5.97 Å². The van der Waals surface area contributed by atoms with Gasteiger partial charge in [-0.3, -0.25) is 14.3 Å². The zero-order chi connectivity index (χ0) is 16.8. The number of hydrogen-bond donors (Lipinski definition) is 1. The van der Waals surface area contributed by atoms with Crippen LogP contribution in [0.3, 0.4) is 0 Å². The van der Waals surface area contributed by atoms with Crippen LogP contribution in [-0.4, -0.2) is 25.6 Å². The molecule has 3 heterocycles. The van der Waals surface area contributed by atoms with Crippen molar-refractivity contribution in [2.24, 2.45) is 0 Å². The second-order valence-corrected chi connectivity index (χ2v) is 6.53. The van der Waals surface area contributed by atoms with Crippen LogP contribution in [0.15, 0.2) is 35.4 Å². The van der Waals surface area contributed by atoms with Gasteiger partial charge in [0.05, 0.1) is 17.9 Å². The highest BCUT2D eigenvalue weighted by atomic mass is 32.1. The lowest BCUT2D eigenvalue weighted by Crippen LogP contribution is -2.25. The lowest BCUT2D eigenvalue weighted by atomic mass is 10.2. The molecule has 0 saturated heterocycles. The molecule has 1 aromatic carbocycles. The molecule has 0 aliphatic heterocycles. The van der Waals surface area contributed by atoms with Gasteiger partial charge in [0.25, 0.3) is 5.56 Å². The van der Waals surface area contributed by atoms with Gasteiger partial charge in [0, 0.05) is 22.0 Å². The molecule has 0 bridgehead atoms. The number of nitrogens with zero attached hydrogens (tertiary/aromatic N) is 3. The zero-order valence-electron chi connectivity index (χ0n) is 12.9. The summed E-state index contributed by atoms with van der Waals surface area (Å²) >= 11 is 1.41. The highest BCUT2D eigenvalue weighted by molar-refractivity contribution is 7.17. The minimum absolute atomic E-state index is 0.0990. The van der Waals surface area contributed by atoms with Crippen molar-refractivity contribution < 1.29 is 9.53 Å². The van der Waals surface area contributed by atoms with Crippen molar-refractivity contribution in [3.63, 3.8) is 0 Å². The normalized spacial score (nSPS) is 11.2. The van der Waals surface area contributed by atoms with Crippen molar-refractivity contribution in [1.29, 1.82) is 0 Å². The largest absolute Gasteiger partial charge is 0.423 e. The lowest BCUT2D eigenvalue weighted by Gasteiger charge is -2.04. The molecule has 0 aliphatic carbocycles. The molecule has 120 valence electrons. The minimum Gasteiger partial charge on any atom is -0.423 e. The van der Waals surface area contributed by atoms with E-state index in [9.17, 15) is 9.59 Å². The smallest absolute Gasteiger partial charge is 0.350 e. The summed E-state index contributed by atoms with van der Waals surface area (Å²) in [6.07, 6.45) is 2.94. The Morgan fingerprint density at radius 1 is 1.29 bits per heavy atom. The number of thiazole rings is 1. The standard InChI is InChI=1S/C16H12N4O3S/c1-8-9(2)24-16-17-7-12(14(21)20(8)16)15(22)23-11-4-3-10-6-18-19-13(10)5-11/h3-7H,1-2H3,(H,18,19). The number of nitrogens with one attached hydrogen (secondary N) is 1. The highest BCUT2D eigenvalue weighted by Crippen LogP contribution is 2.20. The van der Waals surface area contributed by atoms with E-state index in [4.69, 9.17) is 4.74 Å². The third-order valence-electron chi connectivity index (χ3n) is 3.86. The number of fused-ring (bicyclic) bond motifs is 2. The van der Waals surface area contributed by atoms with Gasteiger partial charge in [0.1, 0.15) is 11.3 Å². The number of benzene rings is 1. The molecule has 0 fully saturated rings. The summed E-state index contributed by atoms with van der Waals surface area (Å²) in [7, 11) is 0. The van der Waals surface area contributed by atoms with Gasteiger partial charge < -0.3 is 4.74 Å². The molecule has 0 spiro atoms. The van der Waals surface area contributed by atoms with Crippen molar-refractivity contribution in [1.82, 2.24) is 19.6 Å². The van der Waals surface area contributed by atoms with E-state index in [1.54, 1.807) is 24.4 Å². The molecule has 4 aromatic rings. The molecular weight excluding hydrogens is 328 g/mol. The average molecular weight is 340 g/mol. The molecule has 0 radical (unpaired) electrons. The molecule has 3 aromatic heterocycles. The van der Waals surface area contributed by atoms with Crippen LogP contribution >= 0.6 is 11.3 Å². The summed E-state index contributed by atoms with van der Waals surface area (Å²) in [5.74, 6) is -0.400. The summed E-state index contributed by atoms with van der Waals surface area (Å²) in [5, 5.41) is 7.62. The number of aromatic nitrogens is 4. The van der Waals surface area contributed by atoms with Gasteiger partial charge in [-0.25, -0.2) is 9.78 Å². The van der Waals surface area contributed by atoms with Crippen LogP contribution in [-0.2, 0) is 0 Å². The zero-order valence-corrected chi connectivity index (χ0v) is 13.7. The first-order valence-electron chi connectivity index (χ1n) is 7.17. The molecule has 0 atom stereocenters. The number of aromatic amines is 1. The minimum atomic E-state index is -0.732. The van der Waals surface area contributed by atoms with E-state index >= 15 is 0 Å². The number of rotatable bonds is 2. The Kier molecular flexibility index (Phi) is 3.20. The monoisotopic (exact) mass is 340 g/mol. The van der Waals surface area contributed by atoms with Gasteiger partial charge in [-0.05, 0) is 26.0 Å². The van der Waals surface area contributed by atoms with E-state index in [-0.39, 0.29) is 5.56 Å². The topological polar surface area (TPSA) is 89.3 Å². The molecule has 7 nitrogen and oxygen atoms in total. The Morgan fingerprint density at radius 3 is 2.96 bits per heavy atom. The fraction of sp³-hybridized carbons (Fsp3) is 0.125. The van der Waals surface area contributed by atoms with Crippen LogP contribution in [0.2, 0.25) is 0 Å². The van der Waals surface area contributed by atoms with E-state index in [0.717, 1.165) is 21.5 Å². The molecule has 4 rings (SSSR count). The van der Waals surface area contributed by atoms with Gasteiger partial charge in [-0.2, -0.15) is 5.10 Å². The van der Waals surface area contributed by atoms with E-state index in [1.165, 1.54) is 21.9 Å². The summed E-state index contributed by atoms with van der Waals surface area (Å²) in [5.41, 5.74) is 1.00. The Hall–Kier alpha value is -3.00. The molecule has 0 amide bonds. The number of hydrogen-bond acceptors (Lipinski definition) is 6. The van der Waals surface area contributed by atoms with E-state index in [1.807, 2.05) is 13.8 Å². The maximum atomic E-state index is 12.6. The SMILES string of the molecule is Cc1sc2ncc(C(=O)Oc3ccc4cn[nH]c4c3)c(=O)n2c1C. The number of carbonyl (C=O) groups excluding carboxylic acids is 1. The molecule has 24 heavy (non-hydrogen) atoms. The van der Waals surface area contributed by atoms with Crippen LogP contribution in [0, 0.1) is 13.8 Å². The Labute approximate surface area is 139 Å². The predicted octanol–water partition coefficient (Wildman–Crippen LogP) is 2.47. The van der Waals surface area contributed by atoms with Gasteiger partial charge in [0.15, 0.2) is 4.96 Å². The first-order chi connectivity index (χ1) is 11.5. The number of carbonyl (C=O) groups is 1. The summed E-state index contributed by atoms with van der Waals surface area (Å²) in [6.45, 7) is 3.73. The number of esters is 1. The van der Waals surface area contributed by atoms with Crippen LogP contribution in [0.25, 0.3) is 15.9 Å². The maximum absolute atomic E-state index is 12.6. The third kappa shape index (κ3) is 2.19. The fourth-order valence-corrected chi connectivity index (χ4v) is 3.39. The predicted molar refractivity (Wildman–Crippen MR) is 89.9 cm³/mol. The van der Waals surface area contributed by atoms with E-state index in [2.05, 4.69) is 15.2 Å². The molecule has 0 unspecified atom stereocenters.